The highest BCUT2D eigenvalue weighted by Gasteiger charge is 2.07. The summed E-state index contributed by atoms with van der Waals surface area (Å²) < 4.78 is 0. The molecule has 1 atom stereocenters. The Labute approximate surface area is 105 Å². The minimum absolute atomic E-state index is 0.549. The third-order valence-corrected chi connectivity index (χ3v) is 2.78. The molecule has 1 unspecified atom stereocenters. The summed E-state index contributed by atoms with van der Waals surface area (Å²) in [6, 6.07) is 4.69. The highest BCUT2D eigenvalue weighted by Crippen LogP contribution is 2.10. The predicted octanol–water partition coefficient (Wildman–Crippen LogP) is 3.35. The summed E-state index contributed by atoms with van der Waals surface area (Å²) >= 11 is 0. The number of hydrogen-bond donors (Lipinski definition) is 1. The zero-order chi connectivity index (χ0) is 12.5. The van der Waals surface area contributed by atoms with Crippen LogP contribution in [0.4, 0.5) is 0 Å². The van der Waals surface area contributed by atoms with Crippen LogP contribution in [0.5, 0.6) is 0 Å². The van der Waals surface area contributed by atoms with E-state index in [0.29, 0.717) is 6.04 Å². The summed E-state index contributed by atoms with van der Waals surface area (Å²) in [6.07, 6.45) is 8.27. The highest BCUT2D eigenvalue weighted by atomic mass is 14.9. The van der Waals surface area contributed by atoms with Crippen molar-refractivity contribution in [2.24, 2.45) is 0 Å². The van der Waals surface area contributed by atoms with Gasteiger partial charge in [0.2, 0.25) is 0 Å². The van der Waals surface area contributed by atoms with E-state index in [-0.39, 0.29) is 0 Å². The number of hydrogen-bond acceptors (Lipinski definition) is 2. The van der Waals surface area contributed by atoms with Crippen LogP contribution in [0.3, 0.4) is 0 Å². The fraction of sp³-hybridized carbons (Fsp3) is 0.533. The Morgan fingerprint density at radius 2 is 2.35 bits per heavy atom. The van der Waals surface area contributed by atoms with Crippen molar-refractivity contribution in [2.45, 2.75) is 45.6 Å². The number of nitrogens with zero attached hydrogens (tertiary/aromatic N) is 1. The van der Waals surface area contributed by atoms with Gasteiger partial charge in [-0.2, -0.15) is 0 Å². The van der Waals surface area contributed by atoms with Crippen LogP contribution in [-0.4, -0.2) is 17.6 Å². The van der Waals surface area contributed by atoms with Gasteiger partial charge in [-0.3, -0.25) is 4.98 Å². The molecule has 0 fully saturated rings. The zero-order valence-electron chi connectivity index (χ0n) is 11.1. The molecular formula is C15H24N2. The van der Waals surface area contributed by atoms with E-state index in [4.69, 9.17) is 0 Å². The van der Waals surface area contributed by atoms with Crippen molar-refractivity contribution in [3.8, 4) is 0 Å². The molecule has 0 radical (unpaired) electrons. The van der Waals surface area contributed by atoms with Crippen molar-refractivity contribution in [3.05, 3.63) is 42.2 Å². The minimum atomic E-state index is 0.549. The third kappa shape index (κ3) is 6.22. The second-order valence-electron chi connectivity index (χ2n) is 4.71. The van der Waals surface area contributed by atoms with Crippen molar-refractivity contribution < 1.29 is 0 Å². The quantitative estimate of drug-likeness (QED) is 0.695. The van der Waals surface area contributed by atoms with Gasteiger partial charge < -0.3 is 5.32 Å². The summed E-state index contributed by atoms with van der Waals surface area (Å²) in [7, 11) is 0. The Bertz CT molecular complexity index is 319. The van der Waals surface area contributed by atoms with E-state index in [1.165, 1.54) is 17.6 Å². The first-order valence-corrected chi connectivity index (χ1v) is 6.49. The molecular weight excluding hydrogens is 208 g/mol. The van der Waals surface area contributed by atoms with E-state index in [1.54, 1.807) is 0 Å². The van der Waals surface area contributed by atoms with Crippen LogP contribution in [0.2, 0.25) is 0 Å². The molecule has 1 aromatic heterocycles. The topological polar surface area (TPSA) is 24.9 Å². The second kappa shape index (κ2) is 8.02. The number of nitrogens with one attached hydrogen (secondary N) is 1. The normalized spacial score (nSPS) is 12.4. The van der Waals surface area contributed by atoms with E-state index in [0.717, 1.165) is 25.8 Å². The zero-order valence-corrected chi connectivity index (χ0v) is 11.1. The van der Waals surface area contributed by atoms with Gasteiger partial charge >= 0.3 is 0 Å². The van der Waals surface area contributed by atoms with Crippen LogP contribution >= 0.6 is 0 Å². The average molecular weight is 232 g/mol. The van der Waals surface area contributed by atoms with Gasteiger partial charge in [-0.05, 0) is 50.8 Å². The fourth-order valence-corrected chi connectivity index (χ4v) is 1.93. The molecule has 94 valence electrons. The SMILES string of the molecule is C=C(C)CC(CCc1cccnc1)NCCC. The van der Waals surface area contributed by atoms with Gasteiger partial charge in [0.25, 0.3) is 0 Å². The summed E-state index contributed by atoms with van der Waals surface area (Å²) in [5.41, 5.74) is 2.57. The molecule has 0 saturated heterocycles. The summed E-state index contributed by atoms with van der Waals surface area (Å²) in [6.45, 7) is 9.40. The van der Waals surface area contributed by atoms with E-state index < -0.39 is 0 Å². The predicted molar refractivity (Wildman–Crippen MR) is 74.1 cm³/mol. The average Bonchev–Trinajstić information content (AvgIpc) is 2.33. The molecule has 0 amide bonds. The molecule has 17 heavy (non-hydrogen) atoms. The van der Waals surface area contributed by atoms with Crippen LogP contribution in [0.15, 0.2) is 36.7 Å². The molecule has 1 rings (SSSR count). The van der Waals surface area contributed by atoms with E-state index in [2.05, 4.69) is 36.8 Å². The number of aromatic nitrogens is 1. The van der Waals surface area contributed by atoms with Crippen LogP contribution in [-0.2, 0) is 6.42 Å². The van der Waals surface area contributed by atoms with Crippen molar-refractivity contribution in [1.82, 2.24) is 10.3 Å². The maximum atomic E-state index is 4.15. The molecule has 0 saturated carbocycles. The number of pyridine rings is 1. The molecule has 2 heteroatoms. The van der Waals surface area contributed by atoms with Gasteiger partial charge in [0.1, 0.15) is 0 Å². The lowest BCUT2D eigenvalue weighted by molar-refractivity contribution is 0.476. The molecule has 0 aliphatic heterocycles. The van der Waals surface area contributed by atoms with Gasteiger partial charge in [-0.15, -0.1) is 6.58 Å². The van der Waals surface area contributed by atoms with Crippen LogP contribution in [0.25, 0.3) is 0 Å². The maximum Gasteiger partial charge on any atom is 0.0299 e. The molecule has 0 aliphatic rings. The van der Waals surface area contributed by atoms with Crippen molar-refractivity contribution in [1.29, 1.82) is 0 Å². The lowest BCUT2D eigenvalue weighted by Crippen LogP contribution is -2.30. The molecule has 0 aromatic carbocycles. The van der Waals surface area contributed by atoms with Crippen LogP contribution in [0, 0.1) is 0 Å². The summed E-state index contributed by atoms with van der Waals surface area (Å²) in [4.78, 5) is 4.15. The van der Waals surface area contributed by atoms with Gasteiger partial charge in [-0.1, -0.05) is 18.6 Å². The van der Waals surface area contributed by atoms with Crippen molar-refractivity contribution in [3.63, 3.8) is 0 Å². The Kier molecular flexibility index (Phi) is 6.56. The monoisotopic (exact) mass is 232 g/mol. The van der Waals surface area contributed by atoms with Gasteiger partial charge in [0.05, 0.1) is 0 Å². The Morgan fingerprint density at radius 1 is 1.53 bits per heavy atom. The smallest absolute Gasteiger partial charge is 0.0299 e. The standard InChI is InChI=1S/C15H24N2/c1-4-9-17-15(11-13(2)3)8-7-14-6-5-10-16-12-14/h5-6,10,12,15,17H,2,4,7-9,11H2,1,3H3. The van der Waals surface area contributed by atoms with Crippen molar-refractivity contribution in [2.75, 3.05) is 6.54 Å². The van der Waals surface area contributed by atoms with E-state index in [9.17, 15) is 0 Å². The van der Waals surface area contributed by atoms with Crippen molar-refractivity contribution >= 4 is 0 Å². The molecule has 2 nitrogen and oxygen atoms in total. The molecule has 0 bridgehead atoms. The lowest BCUT2D eigenvalue weighted by atomic mass is 10.0. The van der Waals surface area contributed by atoms with Crippen LogP contribution in [0.1, 0.15) is 38.7 Å². The Balaban J connectivity index is 2.40. The Hall–Kier alpha value is -1.15. The second-order valence-corrected chi connectivity index (χ2v) is 4.71. The largest absolute Gasteiger partial charge is 0.314 e. The molecule has 1 heterocycles. The third-order valence-electron chi connectivity index (χ3n) is 2.78. The molecule has 1 N–H and O–H groups in total. The number of aryl methyl sites for hydroxylation is 1. The highest BCUT2D eigenvalue weighted by molar-refractivity contribution is 5.09. The van der Waals surface area contributed by atoms with E-state index >= 15 is 0 Å². The molecule has 1 aromatic rings. The summed E-state index contributed by atoms with van der Waals surface area (Å²) in [5, 5.41) is 3.59. The van der Waals surface area contributed by atoms with E-state index in [1.807, 2.05) is 18.5 Å². The minimum Gasteiger partial charge on any atom is -0.314 e. The first-order chi connectivity index (χ1) is 8.22. The Morgan fingerprint density at radius 3 is 2.94 bits per heavy atom. The van der Waals surface area contributed by atoms with Gasteiger partial charge in [0.15, 0.2) is 0 Å². The first-order valence-electron chi connectivity index (χ1n) is 6.49. The van der Waals surface area contributed by atoms with Gasteiger partial charge in [-0.25, -0.2) is 0 Å². The lowest BCUT2D eigenvalue weighted by Gasteiger charge is -2.18. The maximum absolute atomic E-state index is 4.15. The number of rotatable bonds is 8. The first kappa shape index (κ1) is 13.9. The molecule has 0 spiro atoms. The van der Waals surface area contributed by atoms with Crippen LogP contribution < -0.4 is 5.32 Å². The summed E-state index contributed by atoms with van der Waals surface area (Å²) in [5.74, 6) is 0. The molecule has 0 aliphatic carbocycles. The van der Waals surface area contributed by atoms with Gasteiger partial charge in [0, 0.05) is 18.4 Å². The fourth-order valence-electron chi connectivity index (χ4n) is 1.93.